The van der Waals surface area contributed by atoms with E-state index in [4.69, 9.17) is 5.73 Å². The number of carbonyl (C=O) groups excluding carboxylic acids is 1. The highest BCUT2D eigenvalue weighted by atomic mass is 32.2. The minimum atomic E-state index is -0.108. The molecule has 0 saturated carbocycles. The maximum absolute atomic E-state index is 12.8. The molecule has 122 valence electrons. The van der Waals surface area contributed by atoms with E-state index in [1.807, 2.05) is 31.3 Å². The molecule has 1 amide bonds. The van der Waals surface area contributed by atoms with Crippen LogP contribution < -0.4 is 11.1 Å². The number of aromatic amines is 1. The molecule has 2 aromatic heterocycles. The molecule has 3 heterocycles. The number of anilines is 1. The van der Waals surface area contributed by atoms with Gasteiger partial charge >= 0.3 is 0 Å². The summed E-state index contributed by atoms with van der Waals surface area (Å²) in [4.78, 5) is 21.2. The first-order chi connectivity index (χ1) is 11.6. The molecular weight excluding hydrogens is 320 g/mol. The van der Waals surface area contributed by atoms with Gasteiger partial charge in [0.1, 0.15) is 5.65 Å². The quantitative estimate of drug-likeness (QED) is 0.666. The molecule has 1 aliphatic rings. The Morgan fingerprint density at radius 3 is 3.17 bits per heavy atom. The molecule has 1 atom stereocenters. The largest absolute Gasteiger partial charge is 0.346 e. The Balaban J connectivity index is 1.69. The summed E-state index contributed by atoms with van der Waals surface area (Å²) in [5.74, 6) is 0.885. The van der Waals surface area contributed by atoms with Crippen molar-refractivity contribution in [3.63, 3.8) is 0 Å². The molecule has 5 nitrogen and oxygen atoms in total. The zero-order chi connectivity index (χ0) is 16.7. The minimum absolute atomic E-state index is 0.0664. The average Bonchev–Trinajstić information content (AvgIpc) is 3.05. The second-order valence-electron chi connectivity index (χ2n) is 6.00. The minimum Gasteiger partial charge on any atom is -0.346 e. The third kappa shape index (κ3) is 2.57. The molecule has 4 N–H and O–H groups in total. The van der Waals surface area contributed by atoms with Gasteiger partial charge in [0.2, 0.25) is 0 Å². The SMILES string of the molecule is Cc1cc2c(cc1C(=O)Nc1ccnc3[nH]ccc13)SCCC2N. The monoisotopic (exact) mass is 338 g/mol. The first kappa shape index (κ1) is 15.2. The fourth-order valence-corrected chi connectivity index (χ4v) is 4.25. The molecule has 24 heavy (non-hydrogen) atoms. The van der Waals surface area contributed by atoms with Crippen molar-refractivity contribution in [1.29, 1.82) is 0 Å². The van der Waals surface area contributed by atoms with Crippen molar-refractivity contribution in [2.75, 3.05) is 11.1 Å². The number of amides is 1. The number of aryl methyl sites for hydroxylation is 1. The molecule has 0 aliphatic carbocycles. The van der Waals surface area contributed by atoms with Crippen LogP contribution in [0.3, 0.4) is 0 Å². The van der Waals surface area contributed by atoms with Gasteiger partial charge in [0.05, 0.1) is 5.69 Å². The Kier molecular flexibility index (Phi) is 3.78. The molecule has 1 aromatic carbocycles. The Morgan fingerprint density at radius 2 is 2.29 bits per heavy atom. The number of carbonyl (C=O) groups is 1. The first-order valence-corrected chi connectivity index (χ1v) is 8.88. The zero-order valence-electron chi connectivity index (χ0n) is 13.3. The van der Waals surface area contributed by atoms with Crippen LogP contribution in [0.2, 0.25) is 0 Å². The Labute approximate surface area is 144 Å². The first-order valence-electron chi connectivity index (χ1n) is 7.90. The summed E-state index contributed by atoms with van der Waals surface area (Å²) in [7, 11) is 0. The number of nitrogens with two attached hydrogens (primary N) is 1. The van der Waals surface area contributed by atoms with Crippen LogP contribution in [0.25, 0.3) is 11.0 Å². The fourth-order valence-electron chi connectivity index (χ4n) is 3.08. The fraction of sp³-hybridized carbons (Fsp3) is 0.222. The molecule has 0 bridgehead atoms. The van der Waals surface area contributed by atoms with Gasteiger partial charge in [-0.05, 0) is 48.4 Å². The zero-order valence-corrected chi connectivity index (χ0v) is 14.1. The number of benzene rings is 1. The lowest BCUT2D eigenvalue weighted by atomic mass is 9.98. The van der Waals surface area contributed by atoms with Crippen molar-refractivity contribution in [2.24, 2.45) is 5.73 Å². The highest BCUT2D eigenvalue weighted by Crippen LogP contribution is 2.36. The highest BCUT2D eigenvalue weighted by molar-refractivity contribution is 7.99. The molecule has 0 saturated heterocycles. The third-order valence-corrected chi connectivity index (χ3v) is 5.50. The van der Waals surface area contributed by atoms with Crippen LogP contribution in [0.5, 0.6) is 0 Å². The van der Waals surface area contributed by atoms with Gasteiger partial charge in [-0.2, -0.15) is 0 Å². The number of hydrogen-bond donors (Lipinski definition) is 3. The number of nitrogens with one attached hydrogen (secondary N) is 2. The highest BCUT2D eigenvalue weighted by Gasteiger charge is 2.21. The van der Waals surface area contributed by atoms with Crippen LogP contribution in [0.4, 0.5) is 5.69 Å². The van der Waals surface area contributed by atoms with Crippen LogP contribution in [0.1, 0.15) is 33.9 Å². The lowest BCUT2D eigenvalue weighted by Crippen LogP contribution is -2.19. The summed E-state index contributed by atoms with van der Waals surface area (Å²) in [6, 6.07) is 7.81. The number of rotatable bonds is 2. The van der Waals surface area contributed by atoms with Crippen LogP contribution in [-0.2, 0) is 0 Å². The normalized spacial score (nSPS) is 16.8. The molecule has 0 radical (unpaired) electrons. The van der Waals surface area contributed by atoms with E-state index in [1.165, 1.54) is 0 Å². The Hall–Kier alpha value is -2.31. The van der Waals surface area contributed by atoms with E-state index in [1.54, 1.807) is 18.0 Å². The van der Waals surface area contributed by atoms with Crippen LogP contribution in [0, 0.1) is 6.92 Å². The number of nitrogens with zero attached hydrogens (tertiary/aromatic N) is 1. The van der Waals surface area contributed by atoms with E-state index < -0.39 is 0 Å². The Bertz CT molecular complexity index is 934. The number of pyridine rings is 1. The van der Waals surface area contributed by atoms with Crippen molar-refractivity contribution in [3.8, 4) is 0 Å². The van der Waals surface area contributed by atoms with Gasteiger partial charge in [0.15, 0.2) is 0 Å². The molecular formula is C18H18N4OS. The van der Waals surface area contributed by atoms with Gasteiger partial charge in [0, 0.05) is 34.3 Å². The molecule has 3 aromatic rings. The standard InChI is InChI=1S/C18H18N4OS/c1-10-8-13-14(19)4-7-24-16(13)9-12(10)18(23)22-15-3-6-21-17-11(15)2-5-20-17/h2-3,5-6,8-9,14H,4,7,19H2,1H3,(H2,20,21,22,23). The predicted octanol–water partition coefficient (Wildman–Crippen LogP) is 3.62. The van der Waals surface area contributed by atoms with Crippen LogP contribution >= 0.6 is 11.8 Å². The smallest absolute Gasteiger partial charge is 0.255 e. The lowest BCUT2D eigenvalue weighted by molar-refractivity contribution is 0.102. The molecule has 4 rings (SSSR count). The van der Waals surface area contributed by atoms with E-state index in [0.29, 0.717) is 5.56 Å². The maximum atomic E-state index is 12.8. The summed E-state index contributed by atoms with van der Waals surface area (Å²) >= 11 is 1.77. The summed E-state index contributed by atoms with van der Waals surface area (Å²) in [5.41, 5.74) is 10.5. The van der Waals surface area contributed by atoms with Crippen LogP contribution in [-0.4, -0.2) is 21.6 Å². The van der Waals surface area contributed by atoms with E-state index in [2.05, 4.69) is 21.4 Å². The van der Waals surface area contributed by atoms with Crippen LogP contribution in [0.15, 0.2) is 41.6 Å². The van der Waals surface area contributed by atoms with E-state index in [9.17, 15) is 4.79 Å². The predicted molar refractivity (Wildman–Crippen MR) is 97.5 cm³/mol. The summed E-state index contributed by atoms with van der Waals surface area (Å²) < 4.78 is 0. The third-order valence-electron chi connectivity index (χ3n) is 4.40. The number of fused-ring (bicyclic) bond motifs is 2. The summed E-state index contributed by atoms with van der Waals surface area (Å²) in [6.45, 7) is 1.96. The summed E-state index contributed by atoms with van der Waals surface area (Å²) in [6.07, 6.45) is 4.48. The van der Waals surface area contributed by atoms with Gasteiger partial charge < -0.3 is 16.0 Å². The number of thioether (sulfide) groups is 1. The number of H-pyrrole nitrogens is 1. The van der Waals surface area contributed by atoms with E-state index in [0.717, 1.165) is 44.9 Å². The Morgan fingerprint density at radius 1 is 1.42 bits per heavy atom. The van der Waals surface area contributed by atoms with Crippen molar-refractivity contribution in [1.82, 2.24) is 9.97 Å². The van der Waals surface area contributed by atoms with Gasteiger partial charge in [0.25, 0.3) is 5.91 Å². The van der Waals surface area contributed by atoms with E-state index in [-0.39, 0.29) is 11.9 Å². The molecule has 6 heteroatoms. The maximum Gasteiger partial charge on any atom is 0.255 e. The van der Waals surface area contributed by atoms with Crippen molar-refractivity contribution >= 4 is 34.4 Å². The van der Waals surface area contributed by atoms with Gasteiger partial charge in [-0.1, -0.05) is 6.07 Å². The average molecular weight is 338 g/mol. The number of aromatic nitrogens is 2. The topological polar surface area (TPSA) is 83.8 Å². The molecule has 0 spiro atoms. The summed E-state index contributed by atoms with van der Waals surface area (Å²) in [5, 5.41) is 3.91. The van der Waals surface area contributed by atoms with Gasteiger partial charge in [-0.25, -0.2) is 4.98 Å². The molecule has 1 unspecified atom stereocenters. The second-order valence-corrected chi connectivity index (χ2v) is 7.14. The molecule has 0 fully saturated rings. The lowest BCUT2D eigenvalue weighted by Gasteiger charge is -2.23. The van der Waals surface area contributed by atoms with Crippen molar-refractivity contribution < 1.29 is 4.79 Å². The van der Waals surface area contributed by atoms with Gasteiger partial charge in [-0.3, -0.25) is 4.79 Å². The second kappa shape index (κ2) is 5.96. The molecule has 1 aliphatic heterocycles. The van der Waals surface area contributed by atoms with Gasteiger partial charge in [-0.15, -0.1) is 11.8 Å². The van der Waals surface area contributed by atoms with E-state index >= 15 is 0 Å². The number of hydrogen-bond acceptors (Lipinski definition) is 4. The van der Waals surface area contributed by atoms with Crippen molar-refractivity contribution in [2.45, 2.75) is 24.3 Å². The van der Waals surface area contributed by atoms with Crippen molar-refractivity contribution in [3.05, 3.63) is 53.3 Å².